The molecule has 0 aliphatic carbocycles. The lowest BCUT2D eigenvalue weighted by Crippen LogP contribution is -2.47. The monoisotopic (exact) mass is 402 g/mol. The predicted octanol–water partition coefficient (Wildman–Crippen LogP) is 3.72. The topological polar surface area (TPSA) is 97.1 Å². The molecular formula is C19H19FN4O3S. The molecule has 0 radical (unpaired) electrons. The summed E-state index contributed by atoms with van der Waals surface area (Å²) in [6, 6.07) is 8.21. The predicted molar refractivity (Wildman–Crippen MR) is 103 cm³/mol. The zero-order chi connectivity index (χ0) is 20.1. The zero-order valence-electron chi connectivity index (χ0n) is 15.3. The maximum absolute atomic E-state index is 13.1. The molecule has 3 aromatic rings. The van der Waals surface area contributed by atoms with Crippen molar-refractivity contribution in [3.63, 3.8) is 0 Å². The van der Waals surface area contributed by atoms with Gasteiger partial charge in [-0.15, -0.1) is 10.2 Å². The van der Waals surface area contributed by atoms with Crippen LogP contribution in [0.2, 0.25) is 0 Å². The Labute approximate surface area is 165 Å². The van der Waals surface area contributed by atoms with Crippen molar-refractivity contribution in [2.75, 3.05) is 5.32 Å². The van der Waals surface area contributed by atoms with E-state index in [4.69, 9.17) is 4.42 Å². The van der Waals surface area contributed by atoms with Crippen molar-refractivity contribution in [1.82, 2.24) is 15.5 Å². The smallest absolute Gasteiger partial charge is 0.287 e. The Balaban J connectivity index is 1.71. The van der Waals surface area contributed by atoms with Gasteiger partial charge in [0, 0.05) is 5.56 Å². The third-order valence-corrected chi connectivity index (χ3v) is 5.16. The van der Waals surface area contributed by atoms with Gasteiger partial charge in [0.2, 0.25) is 11.0 Å². The maximum atomic E-state index is 13.1. The highest BCUT2D eigenvalue weighted by Crippen LogP contribution is 2.26. The Morgan fingerprint density at radius 3 is 2.61 bits per heavy atom. The van der Waals surface area contributed by atoms with Gasteiger partial charge in [-0.1, -0.05) is 31.6 Å². The van der Waals surface area contributed by atoms with Gasteiger partial charge >= 0.3 is 0 Å². The van der Waals surface area contributed by atoms with Crippen molar-refractivity contribution in [2.24, 2.45) is 5.92 Å². The van der Waals surface area contributed by atoms with Crippen LogP contribution in [0.1, 0.15) is 30.8 Å². The average Bonchev–Trinajstić information content (AvgIpc) is 3.38. The van der Waals surface area contributed by atoms with Gasteiger partial charge < -0.3 is 9.73 Å². The number of nitrogens with zero attached hydrogens (tertiary/aromatic N) is 2. The summed E-state index contributed by atoms with van der Waals surface area (Å²) in [5.41, 5.74) is 0.698. The van der Waals surface area contributed by atoms with Crippen molar-refractivity contribution in [3.05, 3.63) is 54.2 Å². The number of carbonyl (C=O) groups is 2. The number of furan rings is 1. The van der Waals surface area contributed by atoms with Crippen molar-refractivity contribution < 1.29 is 18.4 Å². The fourth-order valence-electron chi connectivity index (χ4n) is 2.49. The van der Waals surface area contributed by atoms with Crippen LogP contribution in [0.3, 0.4) is 0 Å². The van der Waals surface area contributed by atoms with Crippen LogP contribution in [0.15, 0.2) is 47.1 Å². The third kappa shape index (κ3) is 4.61. The van der Waals surface area contributed by atoms with E-state index in [2.05, 4.69) is 20.8 Å². The van der Waals surface area contributed by atoms with Gasteiger partial charge in [-0.3, -0.25) is 14.9 Å². The first kappa shape index (κ1) is 19.7. The van der Waals surface area contributed by atoms with Crippen LogP contribution in [0, 0.1) is 11.7 Å². The molecule has 2 atom stereocenters. The van der Waals surface area contributed by atoms with Crippen molar-refractivity contribution >= 4 is 28.3 Å². The fourth-order valence-corrected chi connectivity index (χ4v) is 3.24. The Bertz CT molecular complexity index is 941. The van der Waals surface area contributed by atoms with Crippen molar-refractivity contribution in [2.45, 2.75) is 26.3 Å². The quantitative estimate of drug-likeness (QED) is 0.628. The molecule has 28 heavy (non-hydrogen) atoms. The number of hydrogen-bond donors (Lipinski definition) is 2. The summed E-state index contributed by atoms with van der Waals surface area (Å²) < 4.78 is 18.1. The van der Waals surface area contributed by atoms with Crippen LogP contribution >= 0.6 is 11.3 Å². The number of anilines is 1. The highest BCUT2D eigenvalue weighted by atomic mass is 32.1. The molecule has 3 rings (SSSR count). The molecule has 2 N–H and O–H groups in total. The number of nitrogens with one attached hydrogen (secondary N) is 2. The van der Waals surface area contributed by atoms with Crippen LogP contribution in [-0.4, -0.2) is 28.1 Å². The summed E-state index contributed by atoms with van der Waals surface area (Å²) in [4.78, 5) is 25.0. The summed E-state index contributed by atoms with van der Waals surface area (Å²) in [5, 5.41) is 14.2. The number of aromatic nitrogens is 2. The van der Waals surface area contributed by atoms with E-state index in [0.29, 0.717) is 22.1 Å². The number of carbonyl (C=O) groups excluding carboxylic acids is 2. The van der Waals surface area contributed by atoms with Gasteiger partial charge in [0.25, 0.3) is 5.91 Å². The molecule has 2 unspecified atom stereocenters. The molecule has 0 saturated heterocycles. The van der Waals surface area contributed by atoms with Crippen LogP contribution < -0.4 is 10.6 Å². The second kappa shape index (κ2) is 8.75. The SMILES string of the molecule is CCC(C)C(NC(=O)c1ccco1)C(=O)Nc1nnc(-c2ccc(F)cc2)s1. The molecule has 146 valence electrons. The summed E-state index contributed by atoms with van der Waals surface area (Å²) in [6.07, 6.45) is 2.08. The fraction of sp³-hybridized carbons (Fsp3) is 0.263. The average molecular weight is 402 g/mol. The molecule has 0 aliphatic heterocycles. The number of hydrogen-bond acceptors (Lipinski definition) is 6. The minimum atomic E-state index is -0.763. The summed E-state index contributed by atoms with van der Waals surface area (Å²) in [5.74, 6) is -1.17. The Morgan fingerprint density at radius 2 is 1.96 bits per heavy atom. The van der Waals surface area contributed by atoms with Crippen LogP contribution in [0.25, 0.3) is 10.6 Å². The van der Waals surface area contributed by atoms with E-state index < -0.39 is 17.9 Å². The Kier molecular flexibility index (Phi) is 6.15. The zero-order valence-corrected chi connectivity index (χ0v) is 16.1. The lowest BCUT2D eigenvalue weighted by molar-refractivity contribution is -0.119. The van der Waals surface area contributed by atoms with E-state index in [9.17, 15) is 14.0 Å². The lowest BCUT2D eigenvalue weighted by atomic mass is 9.98. The maximum Gasteiger partial charge on any atom is 0.287 e. The van der Waals surface area contributed by atoms with E-state index in [1.54, 1.807) is 18.2 Å². The molecule has 0 bridgehead atoms. The van der Waals surface area contributed by atoms with Gasteiger partial charge in [0.1, 0.15) is 16.9 Å². The van der Waals surface area contributed by atoms with E-state index in [1.807, 2.05) is 13.8 Å². The molecular weight excluding hydrogens is 383 g/mol. The molecule has 0 spiro atoms. The Hall–Kier alpha value is -3.07. The molecule has 2 aromatic heterocycles. The standard InChI is InChI=1S/C19H19FN4O3S/c1-3-11(2)15(21-16(25)14-5-4-10-27-14)17(26)22-19-24-23-18(28-19)12-6-8-13(20)9-7-12/h4-11,15H,3H2,1-2H3,(H,21,25)(H,22,24,26). The molecule has 2 heterocycles. The second-order valence-corrected chi connectivity index (χ2v) is 7.20. The van der Waals surface area contributed by atoms with Crippen molar-refractivity contribution in [1.29, 1.82) is 0 Å². The number of benzene rings is 1. The number of halogens is 1. The summed E-state index contributed by atoms with van der Waals surface area (Å²) in [6.45, 7) is 3.80. The van der Waals surface area contributed by atoms with Gasteiger partial charge in [-0.2, -0.15) is 0 Å². The Morgan fingerprint density at radius 1 is 1.21 bits per heavy atom. The third-order valence-electron chi connectivity index (χ3n) is 4.27. The van der Waals surface area contributed by atoms with Crippen LogP contribution in [-0.2, 0) is 4.79 Å². The van der Waals surface area contributed by atoms with Gasteiger partial charge in [-0.25, -0.2) is 4.39 Å². The molecule has 0 fully saturated rings. The molecule has 1 aromatic carbocycles. The molecule has 9 heteroatoms. The molecule has 7 nitrogen and oxygen atoms in total. The second-order valence-electron chi connectivity index (χ2n) is 6.22. The van der Waals surface area contributed by atoms with E-state index in [0.717, 1.165) is 0 Å². The first-order chi connectivity index (χ1) is 13.5. The van der Waals surface area contributed by atoms with Crippen molar-refractivity contribution in [3.8, 4) is 10.6 Å². The van der Waals surface area contributed by atoms with E-state index in [1.165, 1.54) is 35.8 Å². The normalized spacial score (nSPS) is 13.0. The van der Waals surface area contributed by atoms with E-state index in [-0.39, 0.29) is 17.5 Å². The molecule has 0 saturated carbocycles. The molecule has 0 aliphatic rings. The minimum Gasteiger partial charge on any atom is -0.459 e. The summed E-state index contributed by atoms with van der Waals surface area (Å²) in [7, 11) is 0. The first-order valence-electron chi connectivity index (χ1n) is 8.72. The van der Waals surface area contributed by atoms with Gasteiger partial charge in [-0.05, 0) is 42.3 Å². The van der Waals surface area contributed by atoms with Gasteiger partial charge in [0.05, 0.1) is 6.26 Å². The molecule has 2 amide bonds. The largest absolute Gasteiger partial charge is 0.459 e. The first-order valence-corrected chi connectivity index (χ1v) is 9.54. The van der Waals surface area contributed by atoms with Crippen LogP contribution in [0.4, 0.5) is 9.52 Å². The van der Waals surface area contributed by atoms with Crippen LogP contribution in [0.5, 0.6) is 0 Å². The number of amides is 2. The van der Waals surface area contributed by atoms with Gasteiger partial charge in [0.15, 0.2) is 5.76 Å². The van der Waals surface area contributed by atoms with E-state index >= 15 is 0 Å². The summed E-state index contributed by atoms with van der Waals surface area (Å²) >= 11 is 1.17. The minimum absolute atomic E-state index is 0.108. The lowest BCUT2D eigenvalue weighted by Gasteiger charge is -2.22. The number of rotatable bonds is 7. The highest BCUT2D eigenvalue weighted by Gasteiger charge is 2.28. The highest BCUT2D eigenvalue weighted by molar-refractivity contribution is 7.18.